The van der Waals surface area contributed by atoms with Crippen molar-refractivity contribution in [1.82, 2.24) is 15.2 Å². The minimum absolute atomic E-state index is 0.586. The number of thiocarbonyl (C=S) groups is 1. The van der Waals surface area contributed by atoms with Crippen molar-refractivity contribution < 1.29 is 0 Å². The molecule has 0 aliphatic heterocycles. The zero-order valence-corrected chi connectivity index (χ0v) is 11.0. The molecule has 3 nitrogen and oxygen atoms in total. The Morgan fingerprint density at radius 3 is 2.71 bits per heavy atom. The lowest BCUT2D eigenvalue weighted by molar-refractivity contribution is 0.471. The van der Waals surface area contributed by atoms with Gasteiger partial charge in [-0.15, -0.1) is 0 Å². The number of hydrogen-bond donors (Lipinski definition) is 1. The van der Waals surface area contributed by atoms with E-state index in [4.69, 9.17) is 12.2 Å². The second kappa shape index (κ2) is 5.96. The van der Waals surface area contributed by atoms with Crippen LogP contribution in [0.15, 0.2) is 24.5 Å². The van der Waals surface area contributed by atoms with Gasteiger partial charge in [0.25, 0.3) is 0 Å². The summed E-state index contributed by atoms with van der Waals surface area (Å²) in [7, 11) is 2.03. The minimum Gasteiger partial charge on any atom is -0.360 e. The zero-order chi connectivity index (χ0) is 12.1. The Balaban J connectivity index is 1.82. The first kappa shape index (κ1) is 12.3. The molecule has 1 fully saturated rings. The van der Waals surface area contributed by atoms with E-state index in [0.29, 0.717) is 6.04 Å². The number of aromatic nitrogens is 1. The zero-order valence-electron chi connectivity index (χ0n) is 10.2. The van der Waals surface area contributed by atoms with Gasteiger partial charge in [0, 0.05) is 32.0 Å². The lowest BCUT2D eigenvalue weighted by Crippen LogP contribution is -2.41. The molecule has 0 unspecified atom stereocenters. The lowest BCUT2D eigenvalue weighted by atomic mass is 10.2. The van der Waals surface area contributed by atoms with Crippen LogP contribution in [0.25, 0.3) is 0 Å². The van der Waals surface area contributed by atoms with E-state index in [1.165, 1.54) is 31.2 Å². The fourth-order valence-electron chi connectivity index (χ4n) is 2.19. The molecule has 1 aliphatic carbocycles. The summed E-state index contributed by atoms with van der Waals surface area (Å²) in [5.74, 6) is 0. The van der Waals surface area contributed by atoms with E-state index < -0.39 is 0 Å². The first-order chi connectivity index (χ1) is 8.25. The molecule has 0 bridgehead atoms. The molecule has 0 aromatic carbocycles. The average Bonchev–Trinajstić information content (AvgIpc) is 2.83. The molecule has 1 aromatic heterocycles. The van der Waals surface area contributed by atoms with E-state index >= 15 is 0 Å². The Morgan fingerprint density at radius 2 is 2.06 bits per heavy atom. The largest absolute Gasteiger partial charge is 0.360 e. The SMILES string of the molecule is CN(Cc1ccncc1)C(=S)NC1CCCC1. The van der Waals surface area contributed by atoms with Gasteiger partial charge >= 0.3 is 0 Å². The van der Waals surface area contributed by atoms with Crippen molar-refractivity contribution in [1.29, 1.82) is 0 Å². The third kappa shape index (κ3) is 3.66. The van der Waals surface area contributed by atoms with Crippen LogP contribution in [0.2, 0.25) is 0 Å². The second-order valence-electron chi connectivity index (χ2n) is 4.64. The molecule has 0 spiro atoms. The van der Waals surface area contributed by atoms with E-state index in [1.54, 1.807) is 0 Å². The van der Waals surface area contributed by atoms with Gasteiger partial charge in [-0.2, -0.15) is 0 Å². The van der Waals surface area contributed by atoms with Gasteiger partial charge in [-0.3, -0.25) is 4.98 Å². The molecule has 1 heterocycles. The van der Waals surface area contributed by atoms with Crippen molar-refractivity contribution in [2.45, 2.75) is 38.3 Å². The van der Waals surface area contributed by atoms with Crippen molar-refractivity contribution in [3.05, 3.63) is 30.1 Å². The topological polar surface area (TPSA) is 28.2 Å². The van der Waals surface area contributed by atoms with Crippen LogP contribution in [0.4, 0.5) is 0 Å². The molecule has 0 atom stereocenters. The normalized spacial score (nSPS) is 15.8. The van der Waals surface area contributed by atoms with Crippen molar-refractivity contribution in [2.24, 2.45) is 0 Å². The maximum Gasteiger partial charge on any atom is 0.169 e. The molecule has 1 N–H and O–H groups in total. The van der Waals surface area contributed by atoms with Crippen LogP contribution >= 0.6 is 12.2 Å². The van der Waals surface area contributed by atoms with E-state index in [2.05, 4.69) is 15.2 Å². The first-order valence-electron chi connectivity index (χ1n) is 6.16. The molecule has 0 amide bonds. The molecule has 4 heteroatoms. The molecule has 0 saturated heterocycles. The fraction of sp³-hybridized carbons (Fsp3) is 0.538. The maximum atomic E-state index is 5.41. The van der Waals surface area contributed by atoms with Gasteiger partial charge < -0.3 is 10.2 Å². The smallest absolute Gasteiger partial charge is 0.169 e. The van der Waals surface area contributed by atoms with Crippen LogP contribution in [0.3, 0.4) is 0 Å². The summed E-state index contributed by atoms with van der Waals surface area (Å²) in [6.45, 7) is 0.834. The number of hydrogen-bond acceptors (Lipinski definition) is 2. The monoisotopic (exact) mass is 249 g/mol. The summed E-state index contributed by atoms with van der Waals surface area (Å²) in [6, 6.07) is 4.63. The van der Waals surface area contributed by atoms with E-state index in [0.717, 1.165) is 11.7 Å². The molecule has 1 saturated carbocycles. The van der Waals surface area contributed by atoms with Crippen molar-refractivity contribution in [3.8, 4) is 0 Å². The highest BCUT2D eigenvalue weighted by molar-refractivity contribution is 7.80. The first-order valence-corrected chi connectivity index (χ1v) is 6.57. The second-order valence-corrected chi connectivity index (χ2v) is 5.03. The Morgan fingerprint density at radius 1 is 1.41 bits per heavy atom. The van der Waals surface area contributed by atoms with E-state index in [-0.39, 0.29) is 0 Å². The van der Waals surface area contributed by atoms with Crippen LogP contribution in [0, 0.1) is 0 Å². The fourth-order valence-corrected chi connectivity index (χ4v) is 2.42. The quantitative estimate of drug-likeness (QED) is 0.832. The molecule has 17 heavy (non-hydrogen) atoms. The number of nitrogens with one attached hydrogen (secondary N) is 1. The Hall–Kier alpha value is -1.16. The summed E-state index contributed by atoms with van der Waals surface area (Å²) in [5.41, 5.74) is 1.23. The summed E-state index contributed by atoms with van der Waals surface area (Å²) in [6.07, 6.45) is 8.79. The molecular formula is C13H19N3S. The predicted molar refractivity (Wildman–Crippen MR) is 73.7 cm³/mol. The summed E-state index contributed by atoms with van der Waals surface area (Å²) in [5, 5.41) is 4.30. The van der Waals surface area contributed by atoms with Gasteiger partial charge in [-0.1, -0.05) is 12.8 Å². The number of rotatable bonds is 3. The van der Waals surface area contributed by atoms with Crippen LogP contribution in [-0.2, 0) is 6.54 Å². The van der Waals surface area contributed by atoms with Gasteiger partial charge in [0.15, 0.2) is 5.11 Å². The van der Waals surface area contributed by atoms with Gasteiger partial charge in [0.1, 0.15) is 0 Å². The molecular weight excluding hydrogens is 230 g/mol. The van der Waals surface area contributed by atoms with E-state index in [1.807, 2.05) is 31.6 Å². The van der Waals surface area contributed by atoms with Crippen LogP contribution in [0.5, 0.6) is 0 Å². The van der Waals surface area contributed by atoms with Gasteiger partial charge in [0.2, 0.25) is 0 Å². The third-order valence-electron chi connectivity index (χ3n) is 3.20. The number of nitrogens with zero attached hydrogens (tertiary/aromatic N) is 2. The average molecular weight is 249 g/mol. The minimum atomic E-state index is 0.586. The highest BCUT2D eigenvalue weighted by atomic mass is 32.1. The molecule has 0 radical (unpaired) electrons. The highest BCUT2D eigenvalue weighted by Gasteiger charge is 2.16. The number of pyridine rings is 1. The Bertz CT molecular complexity index is 360. The van der Waals surface area contributed by atoms with Gasteiger partial charge in [0.05, 0.1) is 0 Å². The third-order valence-corrected chi connectivity index (χ3v) is 3.63. The van der Waals surface area contributed by atoms with Crippen molar-refractivity contribution >= 4 is 17.3 Å². The molecule has 1 aliphatic rings. The van der Waals surface area contributed by atoms with Crippen LogP contribution in [0.1, 0.15) is 31.2 Å². The van der Waals surface area contributed by atoms with Gasteiger partial charge in [-0.25, -0.2) is 0 Å². The standard InChI is InChI=1S/C13H19N3S/c1-16(10-11-6-8-14-9-7-11)13(17)15-12-4-2-3-5-12/h6-9,12H,2-5,10H2,1H3,(H,15,17). The molecule has 2 rings (SSSR count). The molecule has 92 valence electrons. The molecule has 1 aromatic rings. The predicted octanol–water partition coefficient (Wildman–Crippen LogP) is 2.33. The summed E-state index contributed by atoms with van der Waals surface area (Å²) in [4.78, 5) is 6.10. The van der Waals surface area contributed by atoms with Crippen LogP contribution in [-0.4, -0.2) is 28.1 Å². The summed E-state index contributed by atoms with van der Waals surface area (Å²) >= 11 is 5.41. The van der Waals surface area contributed by atoms with Crippen molar-refractivity contribution in [3.63, 3.8) is 0 Å². The highest BCUT2D eigenvalue weighted by Crippen LogP contribution is 2.17. The van der Waals surface area contributed by atoms with Crippen molar-refractivity contribution in [2.75, 3.05) is 7.05 Å². The maximum absolute atomic E-state index is 5.41. The summed E-state index contributed by atoms with van der Waals surface area (Å²) < 4.78 is 0. The lowest BCUT2D eigenvalue weighted by Gasteiger charge is -2.24. The Labute approximate surface area is 108 Å². The Kier molecular flexibility index (Phi) is 4.31. The van der Waals surface area contributed by atoms with Gasteiger partial charge in [-0.05, 0) is 42.8 Å². The van der Waals surface area contributed by atoms with Crippen LogP contribution < -0.4 is 5.32 Å². The van der Waals surface area contributed by atoms with E-state index in [9.17, 15) is 0 Å².